The number of furan rings is 1. The largest absolute Gasteiger partial charge is 0.501 e. The minimum absolute atomic E-state index is 0. The molecule has 3 heterocycles. The van der Waals surface area contributed by atoms with Crippen LogP contribution < -0.4 is 5.19 Å². The van der Waals surface area contributed by atoms with E-state index in [0.717, 1.165) is 44.5 Å². The van der Waals surface area contributed by atoms with Gasteiger partial charge >= 0.3 is 0 Å². The van der Waals surface area contributed by atoms with Crippen LogP contribution in [0.25, 0.3) is 66.7 Å². The van der Waals surface area contributed by atoms with Crippen LogP contribution in [0.2, 0.25) is 19.6 Å². The Bertz CT molecular complexity index is 2650. The Morgan fingerprint density at radius 1 is 0.667 bits per heavy atom. The summed E-state index contributed by atoms with van der Waals surface area (Å²) in [5.74, 6) is 0.527. The van der Waals surface area contributed by atoms with Gasteiger partial charge in [-0.1, -0.05) is 157 Å². The predicted molar refractivity (Wildman–Crippen MR) is 240 cm³/mol. The van der Waals surface area contributed by atoms with Crippen molar-refractivity contribution in [3.63, 3.8) is 0 Å². The second-order valence-corrected chi connectivity index (χ2v) is 22.4. The Kier molecular flexibility index (Phi) is 12.4. The summed E-state index contributed by atoms with van der Waals surface area (Å²) in [7, 11) is -1.36. The van der Waals surface area contributed by atoms with Gasteiger partial charge in [0.2, 0.25) is 0 Å². The van der Waals surface area contributed by atoms with Crippen LogP contribution in [0.1, 0.15) is 62.8 Å². The van der Waals surface area contributed by atoms with Gasteiger partial charge in [0.15, 0.2) is 0 Å². The minimum atomic E-state index is -1.36. The number of hydrogen-bond acceptors (Lipinski definition) is 3. The zero-order valence-electron chi connectivity index (χ0n) is 34.8. The van der Waals surface area contributed by atoms with E-state index in [4.69, 9.17) is 9.40 Å². The van der Waals surface area contributed by atoms with Crippen molar-refractivity contribution in [2.45, 2.75) is 79.4 Å². The molecule has 5 heteroatoms. The van der Waals surface area contributed by atoms with E-state index in [1.807, 2.05) is 24.4 Å². The molecule has 291 valence electrons. The van der Waals surface area contributed by atoms with Crippen molar-refractivity contribution in [1.82, 2.24) is 9.97 Å². The summed E-state index contributed by atoms with van der Waals surface area (Å²) >= 11 is 0. The topological polar surface area (TPSA) is 38.9 Å². The average Bonchev–Trinajstić information content (AvgIpc) is 3.56. The Morgan fingerprint density at radius 2 is 1.32 bits per heavy atom. The van der Waals surface area contributed by atoms with E-state index in [9.17, 15) is 0 Å². The first kappa shape index (κ1) is 41.7. The molecule has 57 heavy (non-hydrogen) atoms. The van der Waals surface area contributed by atoms with E-state index >= 15 is 0 Å². The maximum Gasteiger partial charge on any atom is 0.120 e. The molecule has 0 amide bonds. The number of nitrogens with zero attached hydrogens (tertiary/aromatic N) is 2. The van der Waals surface area contributed by atoms with Gasteiger partial charge in [0.25, 0.3) is 0 Å². The standard InChI is InChI=1S/C33H26NO.C19H26NSi.Ir/c1-33(2,3)26-18-19-34-30(21-26)28-11-7-10-27-29-20-25(16-17-31(29)35-32(27)28)24-14-12-23(13-15-24)22-8-5-4-6-9-22;1-13(2)17-11-18(20-12-19(17)21(5,6)7)16-9-8-14(3)10-15(16)4;/h4-10,12-21H,1-3H3;8,10-13H,1-7H3;/q2*-1;. The molecule has 1 radical (unpaired) electrons. The number of benzene rings is 5. The third-order valence-corrected chi connectivity index (χ3v) is 12.6. The SMILES string of the molecule is CC(C)(C)c1ccnc(-c2[c-]ccc3c2oc2ccc(-c4ccc(-c5ccccc5)cc4)cc23)c1.Cc1c[c-]c(-c2cc(C(C)C)c([Si](C)(C)C)cn2)c(C)c1.[Ir]. The van der Waals surface area contributed by atoms with E-state index in [0.29, 0.717) is 5.92 Å². The fraction of sp³-hybridized carbons (Fsp3) is 0.231. The van der Waals surface area contributed by atoms with E-state index in [-0.39, 0.29) is 25.5 Å². The second kappa shape index (κ2) is 16.9. The zero-order chi connectivity index (χ0) is 39.8. The molecule has 3 nitrogen and oxygen atoms in total. The van der Waals surface area contributed by atoms with Gasteiger partial charge < -0.3 is 14.4 Å². The molecule has 5 aromatic carbocycles. The molecule has 0 atom stereocenters. The summed E-state index contributed by atoms with van der Waals surface area (Å²) < 4.78 is 6.36. The molecule has 3 aromatic heterocycles. The quantitative estimate of drug-likeness (QED) is 0.123. The van der Waals surface area contributed by atoms with Crippen LogP contribution in [0.3, 0.4) is 0 Å². The maximum absolute atomic E-state index is 6.36. The molecular weight excluding hydrogens is 889 g/mol. The molecule has 0 unspecified atom stereocenters. The Balaban J connectivity index is 0.000000215. The fourth-order valence-electron chi connectivity index (χ4n) is 7.37. The number of pyridine rings is 2. The molecule has 0 fully saturated rings. The van der Waals surface area contributed by atoms with Gasteiger partial charge in [-0.05, 0) is 73.9 Å². The van der Waals surface area contributed by atoms with Crippen molar-refractivity contribution in [2.24, 2.45) is 0 Å². The fourth-order valence-corrected chi connectivity index (χ4v) is 9.05. The van der Waals surface area contributed by atoms with Gasteiger partial charge in [-0.15, -0.1) is 53.1 Å². The van der Waals surface area contributed by atoms with Gasteiger partial charge in [0, 0.05) is 37.9 Å². The van der Waals surface area contributed by atoms with Gasteiger partial charge in [0.05, 0.1) is 13.7 Å². The monoisotopic (exact) mass is 941 g/mol. The van der Waals surface area contributed by atoms with Gasteiger partial charge in [-0.2, -0.15) is 0 Å². The van der Waals surface area contributed by atoms with Crippen molar-refractivity contribution in [1.29, 1.82) is 0 Å². The van der Waals surface area contributed by atoms with Gasteiger partial charge in [0.1, 0.15) is 5.58 Å². The number of aryl methyl sites for hydroxylation is 2. The van der Waals surface area contributed by atoms with Crippen molar-refractivity contribution in [2.75, 3.05) is 0 Å². The summed E-state index contributed by atoms with van der Waals surface area (Å²) in [6, 6.07) is 47.2. The van der Waals surface area contributed by atoms with E-state index in [1.54, 1.807) is 0 Å². The molecule has 8 rings (SSSR count). The van der Waals surface area contributed by atoms with Crippen LogP contribution in [0.15, 0.2) is 132 Å². The number of aromatic nitrogens is 2. The second-order valence-electron chi connectivity index (χ2n) is 17.3. The summed E-state index contributed by atoms with van der Waals surface area (Å²) in [4.78, 5) is 9.40. The molecule has 0 N–H and O–H groups in total. The van der Waals surface area contributed by atoms with Crippen LogP contribution in [0.5, 0.6) is 0 Å². The number of hydrogen-bond donors (Lipinski definition) is 0. The Hall–Kier alpha value is -4.93. The van der Waals surface area contributed by atoms with Crippen LogP contribution in [0, 0.1) is 26.0 Å². The minimum Gasteiger partial charge on any atom is -0.501 e. The maximum atomic E-state index is 6.36. The van der Waals surface area contributed by atoms with Crippen LogP contribution in [0.4, 0.5) is 0 Å². The number of rotatable bonds is 6. The molecule has 0 saturated carbocycles. The van der Waals surface area contributed by atoms with E-state index in [1.165, 1.54) is 49.7 Å². The molecule has 0 saturated heterocycles. The number of fused-ring (bicyclic) bond motifs is 3. The van der Waals surface area contributed by atoms with Crippen molar-refractivity contribution in [3.05, 3.63) is 162 Å². The van der Waals surface area contributed by atoms with Crippen LogP contribution in [-0.4, -0.2) is 18.0 Å². The average molecular weight is 941 g/mol. The first-order valence-electron chi connectivity index (χ1n) is 19.7. The summed E-state index contributed by atoms with van der Waals surface area (Å²) in [6.45, 7) is 22.6. The molecule has 0 spiro atoms. The first-order chi connectivity index (χ1) is 26.7. The normalized spacial score (nSPS) is 11.7. The molecule has 0 aliphatic carbocycles. The third-order valence-electron chi connectivity index (χ3n) is 10.5. The summed E-state index contributed by atoms with van der Waals surface area (Å²) in [5, 5.41) is 3.66. The van der Waals surface area contributed by atoms with Crippen molar-refractivity contribution < 1.29 is 24.5 Å². The molecular formula is C52H52IrN2OSi-2. The molecule has 8 aromatic rings. The molecule has 0 bridgehead atoms. The summed E-state index contributed by atoms with van der Waals surface area (Å²) in [5.41, 5.74) is 15.7. The van der Waals surface area contributed by atoms with Gasteiger partial charge in [-0.3, -0.25) is 0 Å². The van der Waals surface area contributed by atoms with Crippen LogP contribution in [-0.2, 0) is 25.5 Å². The predicted octanol–water partition coefficient (Wildman–Crippen LogP) is 13.9. The molecule has 0 aliphatic rings. The first-order valence-corrected chi connectivity index (χ1v) is 23.2. The van der Waals surface area contributed by atoms with E-state index < -0.39 is 8.07 Å². The Morgan fingerprint density at radius 3 is 1.96 bits per heavy atom. The smallest absolute Gasteiger partial charge is 0.120 e. The van der Waals surface area contributed by atoms with E-state index in [2.05, 4.69) is 188 Å². The van der Waals surface area contributed by atoms with Crippen molar-refractivity contribution >= 4 is 35.2 Å². The van der Waals surface area contributed by atoms with Gasteiger partial charge in [-0.25, -0.2) is 0 Å². The third kappa shape index (κ3) is 9.13. The Labute approximate surface area is 354 Å². The zero-order valence-corrected chi connectivity index (χ0v) is 38.2. The summed E-state index contributed by atoms with van der Waals surface area (Å²) in [6.07, 6.45) is 3.99. The molecule has 0 aliphatic heterocycles. The van der Waals surface area contributed by atoms with Crippen LogP contribution >= 0.6 is 0 Å². The van der Waals surface area contributed by atoms with Crippen molar-refractivity contribution in [3.8, 4) is 44.8 Å².